The van der Waals surface area contributed by atoms with Crippen molar-refractivity contribution < 1.29 is 9.53 Å². The third-order valence-electron chi connectivity index (χ3n) is 4.77. The van der Waals surface area contributed by atoms with Gasteiger partial charge in [-0.05, 0) is 30.7 Å². The fourth-order valence-electron chi connectivity index (χ4n) is 3.27. The molecular weight excluding hydrogens is 338 g/mol. The number of carbonyl (C=O) groups excluding carboxylic acids is 1. The van der Waals surface area contributed by atoms with Gasteiger partial charge in [-0.25, -0.2) is 0 Å². The number of rotatable bonds is 6. The number of carbonyl (C=O) groups is 1. The smallest absolute Gasteiger partial charge is 0.254 e. The number of benzene rings is 2. The first-order valence-corrected chi connectivity index (χ1v) is 9.31. The Bertz CT molecular complexity index is 822. The van der Waals surface area contributed by atoms with Crippen LogP contribution in [0.3, 0.4) is 0 Å². The molecule has 2 aromatic rings. The van der Waals surface area contributed by atoms with Gasteiger partial charge in [-0.3, -0.25) is 9.69 Å². The lowest BCUT2D eigenvalue weighted by atomic mass is 10.1. The van der Waals surface area contributed by atoms with E-state index in [0.717, 1.165) is 38.4 Å². The van der Waals surface area contributed by atoms with Gasteiger partial charge in [-0.15, -0.1) is 0 Å². The molecule has 5 nitrogen and oxygen atoms in total. The first-order valence-electron chi connectivity index (χ1n) is 9.31. The predicted molar refractivity (Wildman–Crippen MR) is 104 cm³/mol. The summed E-state index contributed by atoms with van der Waals surface area (Å²) in [6.07, 6.45) is 0. The van der Waals surface area contributed by atoms with Crippen molar-refractivity contribution in [2.24, 2.45) is 0 Å². The minimum atomic E-state index is -0.0399. The van der Waals surface area contributed by atoms with E-state index in [1.807, 2.05) is 17.0 Å². The van der Waals surface area contributed by atoms with Gasteiger partial charge in [0.2, 0.25) is 0 Å². The van der Waals surface area contributed by atoms with E-state index in [1.54, 1.807) is 24.3 Å². The highest BCUT2D eigenvalue weighted by molar-refractivity contribution is 5.94. The largest absolute Gasteiger partial charge is 0.379 e. The Balaban J connectivity index is 1.76. The van der Waals surface area contributed by atoms with Crippen LogP contribution in [0.25, 0.3) is 0 Å². The third-order valence-corrected chi connectivity index (χ3v) is 4.77. The Kier molecular flexibility index (Phi) is 6.59. The molecule has 1 saturated heterocycles. The van der Waals surface area contributed by atoms with Gasteiger partial charge in [-0.2, -0.15) is 5.26 Å². The Morgan fingerprint density at radius 3 is 2.70 bits per heavy atom. The van der Waals surface area contributed by atoms with Gasteiger partial charge in [0, 0.05) is 38.3 Å². The second-order valence-electron chi connectivity index (χ2n) is 6.86. The van der Waals surface area contributed by atoms with Gasteiger partial charge in [-0.1, -0.05) is 35.9 Å². The van der Waals surface area contributed by atoms with E-state index < -0.39 is 0 Å². The molecular formula is C22H25N3O2. The van der Waals surface area contributed by atoms with Gasteiger partial charge in [0.25, 0.3) is 5.91 Å². The van der Waals surface area contributed by atoms with Crippen LogP contribution in [0, 0.1) is 18.3 Å². The average molecular weight is 363 g/mol. The van der Waals surface area contributed by atoms with Crippen molar-refractivity contribution in [3.8, 4) is 6.07 Å². The van der Waals surface area contributed by atoms with Gasteiger partial charge in [0.1, 0.15) is 0 Å². The van der Waals surface area contributed by atoms with Crippen molar-refractivity contribution in [1.82, 2.24) is 9.80 Å². The van der Waals surface area contributed by atoms with Crippen LogP contribution in [-0.4, -0.2) is 55.1 Å². The molecule has 0 N–H and O–H groups in total. The van der Waals surface area contributed by atoms with Crippen molar-refractivity contribution in [3.63, 3.8) is 0 Å². The van der Waals surface area contributed by atoms with E-state index in [0.29, 0.717) is 24.2 Å². The lowest BCUT2D eigenvalue weighted by Crippen LogP contribution is -2.42. The van der Waals surface area contributed by atoms with Crippen LogP contribution in [0.4, 0.5) is 0 Å². The first kappa shape index (κ1) is 19.1. The molecule has 0 aromatic heterocycles. The summed E-state index contributed by atoms with van der Waals surface area (Å²) in [7, 11) is 0. The molecule has 5 heteroatoms. The Labute approximate surface area is 160 Å². The molecule has 27 heavy (non-hydrogen) atoms. The molecule has 0 aliphatic carbocycles. The van der Waals surface area contributed by atoms with Crippen LogP contribution in [0.15, 0.2) is 48.5 Å². The number of amides is 1. The van der Waals surface area contributed by atoms with Crippen molar-refractivity contribution in [1.29, 1.82) is 5.26 Å². The molecule has 1 heterocycles. The van der Waals surface area contributed by atoms with E-state index in [2.05, 4.69) is 30.0 Å². The zero-order valence-electron chi connectivity index (χ0n) is 15.7. The SMILES string of the molecule is Cc1cccc(CN(CCN2CCOCC2)C(=O)c2cccc(C#N)c2)c1. The monoisotopic (exact) mass is 363 g/mol. The maximum atomic E-state index is 13.1. The summed E-state index contributed by atoms with van der Waals surface area (Å²) in [6, 6.07) is 17.3. The molecule has 1 fully saturated rings. The zero-order chi connectivity index (χ0) is 19.1. The maximum absolute atomic E-state index is 13.1. The van der Waals surface area contributed by atoms with Gasteiger partial charge >= 0.3 is 0 Å². The Morgan fingerprint density at radius 1 is 1.19 bits per heavy atom. The highest BCUT2D eigenvalue weighted by Crippen LogP contribution is 2.13. The van der Waals surface area contributed by atoms with Gasteiger partial charge < -0.3 is 9.64 Å². The summed E-state index contributed by atoms with van der Waals surface area (Å²) < 4.78 is 5.40. The summed E-state index contributed by atoms with van der Waals surface area (Å²) in [6.45, 7) is 7.36. The van der Waals surface area contributed by atoms with Crippen LogP contribution in [0.1, 0.15) is 27.0 Å². The lowest BCUT2D eigenvalue weighted by molar-refractivity contribution is 0.0320. The summed E-state index contributed by atoms with van der Waals surface area (Å²) in [5.74, 6) is -0.0399. The number of hydrogen-bond acceptors (Lipinski definition) is 4. The summed E-state index contributed by atoms with van der Waals surface area (Å²) in [5.41, 5.74) is 3.36. The predicted octanol–water partition coefficient (Wildman–Crippen LogP) is 2.84. The molecule has 1 amide bonds. The summed E-state index contributed by atoms with van der Waals surface area (Å²) in [5, 5.41) is 9.13. The second-order valence-corrected chi connectivity index (χ2v) is 6.86. The van der Waals surface area contributed by atoms with E-state index >= 15 is 0 Å². The molecule has 140 valence electrons. The molecule has 0 radical (unpaired) electrons. The number of aryl methyl sites for hydroxylation is 1. The van der Waals surface area contributed by atoms with E-state index in [9.17, 15) is 4.79 Å². The molecule has 2 aromatic carbocycles. The zero-order valence-corrected chi connectivity index (χ0v) is 15.7. The first-order chi connectivity index (χ1) is 13.2. The standard InChI is InChI=1S/C22H25N3O2/c1-18-4-2-6-20(14-18)17-25(9-8-24-10-12-27-13-11-24)22(26)21-7-3-5-19(15-21)16-23/h2-7,14-15H,8-13,17H2,1H3. The third kappa shape index (κ3) is 5.40. The lowest BCUT2D eigenvalue weighted by Gasteiger charge is -2.30. The molecule has 0 atom stereocenters. The molecule has 3 rings (SSSR count). The van der Waals surface area contributed by atoms with E-state index in [4.69, 9.17) is 10.00 Å². The number of nitriles is 1. The minimum absolute atomic E-state index is 0.0399. The van der Waals surface area contributed by atoms with Crippen LogP contribution in [0.2, 0.25) is 0 Å². The van der Waals surface area contributed by atoms with E-state index in [-0.39, 0.29) is 5.91 Å². The Hall–Kier alpha value is -2.68. The maximum Gasteiger partial charge on any atom is 0.254 e. The number of ether oxygens (including phenoxy) is 1. The second kappa shape index (κ2) is 9.31. The summed E-state index contributed by atoms with van der Waals surface area (Å²) in [4.78, 5) is 17.3. The molecule has 0 spiro atoms. The fourth-order valence-corrected chi connectivity index (χ4v) is 3.27. The molecule has 1 aliphatic heterocycles. The van der Waals surface area contributed by atoms with Crippen molar-refractivity contribution in [2.45, 2.75) is 13.5 Å². The van der Waals surface area contributed by atoms with Crippen LogP contribution in [-0.2, 0) is 11.3 Å². The average Bonchev–Trinajstić information content (AvgIpc) is 2.71. The van der Waals surface area contributed by atoms with Crippen LogP contribution >= 0.6 is 0 Å². The minimum Gasteiger partial charge on any atom is -0.379 e. The molecule has 0 saturated carbocycles. The highest BCUT2D eigenvalue weighted by Gasteiger charge is 2.19. The van der Waals surface area contributed by atoms with Crippen LogP contribution in [0.5, 0.6) is 0 Å². The van der Waals surface area contributed by atoms with Crippen LogP contribution < -0.4 is 0 Å². The van der Waals surface area contributed by atoms with Gasteiger partial charge in [0.05, 0.1) is 24.8 Å². The van der Waals surface area contributed by atoms with Crippen molar-refractivity contribution in [3.05, 3.63) is 70.8 Å². The fraction of sp³-hybridized carbons (Fsp3) is 0.364. The Morgan fingerprint density at radius 2 is 1.96 bits per heavy atom. The molecule has 0 bridgehead atoms. The molecule has 0 unspecified atom stereocenters. The highest BCUT2D eigenvalue weighted by atomic mass is 16.5. The topological polar surface area (TPSA) is 56.6 Å². The summed E-state index contributed by atoms with van der Waals surface area (Å²) >= 11 is 0. The molecule has 1 aliphatic rings. The number of hydrogen-bond donors (Lipinski definition) is 0. The quantitative estimate of drug-likeness (QED) is 0.792. The van der Waals surface area contributed by atoms with Gasteiger partial charge in [0.15, 0.2) is 0 Å². The van der Waals surface area contributed by atoms with Crippen molar-refractivity contribution >= 4 is 5.91 Å². The van der Waals surface area contributed by atoms with E-state index in [1.165, 1.54) is 5.56 Å². The normalized spacial score (nSPS) is 14.5. The van der Waals surface area contributed by atoms with Crippen molar-refractivity contribution in [2.75, 3.05) is 39.4 Å². The number of morpholine rings is 1. The number of nitrogens with zero attached hydrogens (tertiary/aromatic N) is 3.